The Hall–Kier alpha value is -1.56. The largest absolute Gasteiger partial charge is 0.496 e. The number of ether oxygens (including phenoxy) is 1. The molecular formula is C15H17BrN2O3. The zero-order valence-corrected chi connectivity index (χ0v) is 13.4. The van der Waals surface area contributed by atoms with E-state index in [0.717, 1.165) is 41.5 Å². The molecule has 1 N–H and O–H groups in total. The third-order valence-corrected chi connectivity index (χ3v) is 5.01. The Morgan fingerprint density at radius 2 is 2.05 bits per heavy atom. The van der Waals surface area contributed by atoms with E-state index in [4.69, 9.17) is 4.74 Å². The summed E-state index contributed by atoms with van der Waals surface area (Å²) in [5, 5.41) is 2.47. The Labute approximate surface area is 131 Å². The molecule has 1 saturated carbocycles. The van der Waals surface area contributed by atoms with Crippen molar-refractivity contribution >= 4 is 27.9 Å². The van der Waals surface area contributed by atoms with Crippen molar-refractivity contribution in [3.63, 3.8) is 0 Å². The van der Waals surface area contributed by atoms with Gasteiger partial charge in [-0.2, -0.15) is 0 Å². The van der Waals surface area contributed by atoms with Crippen LogP contribution in [0.5, 0.6) is 5.75 Å². The van der Waals surface area contributed by atoms with Gasteiger partial charge < -0.3 is 9.64 Å². The summed E-state index contributed by atoms with van der Waals surface area (Å²) in [6.07, 6.45) is 3.48. The van der Waals surface area contributed by atoms with Gasteiger partial charge >= 0.3 is 6.03 Å². The number of nitrogens with one attached hydrogen (secondary N) is 1. The average Bonchev–Trinajstić information content (AvgIpc) is 3.02. The molecule has 1 aromatic rings. The monoisotopic (exact) mass is 352 g/mol. The number of hydrogen-bond donors (Lipinski definition) is 1. The molecule has 0 unspecified atom stereocenters. The first-order chi connectivity index (χ1) is 10.1. The Balaban J connectivity index is 1.87. The van der Waals surface area contributed by atoms with Crippen LogP contribution >= 0.6 is 15.9 Å². The number of methoxy groups -OCH3 is 1. The van der Waals surface area contributed by atoms with Crippen molar-refractivity contribution in [2.24, 2.45) is 0 Å². The smallest absolute Gasteiger partial charge is 0.325 e. The summed E-state index contributed by atoms with van der Waals surface area (Å²) in [6.45, 7) is 0.431. The number of rotatable bonds is 3. The normalized spacial score (nSPS) is 20.2. The van der Waals surface area contributed by atoms with E-state index >= 15 is 0 Å². The third kappa shape index (κ3) is 2.31. The van der Waals surface area contributed by atoms with E-state index in [1.54, 1.807) is 12.0 Å². The molecule has 1 heterocycles. The summed E-state index contributed by atoms with van der Waals surface area (Å²) < 4.78 is 6.05. The van der Waals surface area contributed by atoms with Crippen LogP contribution in [-0.2, 0) is 11.3 Å². The Morgan fingerprint density at radius 1 is 1.33 bits per heavy atom. The van der Waals surface area contributed by atoms with Crippen molar-refractivity contribution in [3.05, 3.63) is 28.2 Å². The maximum atomic E-state index is 12.2. The summed E-state index contributed by atoms with van der Waals surface area (Å²) in [6, 6.07) is 5.42. The molecule has 1 spiro atoms. The standard InChI is InChI=1S/C15H17BrN2O3/c1-21-12-5-4-10(8-11(12)16)9-18-14(20)17-13(19)15(18)6-2-3-7-15/h4-5,8H,2-3,6-7,9H2,1H3,(H,17,19,20). The van der Waals surface area contributed by atoms with Crippen LogP contribution in [0, 0.1) is 0 Å². The van der Waals surface area contributed by atoms with Crippen LogP contribution < -0.4 is 10.1 Å². The quantitative estimate of drug-likeness (QED) is 0.851. The molecule has 6 heteroatoms. The number of carbonyl (C=O) groups is 2. The minimum absolute atomic E-state index is 0.141. The van der Waals surface area contributed by atoms with Gasteiger partial charge in [-0.3, -0.25) is 10.1 Å². The van der Waals surface area contributed by atoms with Gasteiger partial charge in [-0.1, -0.05) is 18.9 Å². The van der Waals surface area contributed by atoms with Crippen molar-refractivity contribution in [1.29, 1.82) is 0 Å². The molecule has 5 nitrogen and oxygen atoms in total. The number of nitrogens with zero attached hydrogens (tertiary/aromatic N) is 1. The van der Waals surface area contributed by atoms with Crippen LogP contribution in [0.4, 0.5) is 4.79 Å². The maximum absolute atomic E-state index is 12.2. The van der Waals surface area contributed by atoms with E-state index < -0.39 is 5.54 Å². The lowest BCUT2D eigenvalue weighted by Gasteiger charge is -2.31. The predicted octanol–water partition coefficient (Wildman–Crippen LogP) is 2.82. The maximum Gasteiger partial charge on any atom is 0.325 e. The van der Waals surface area contributed by atoms with Gasteiger partial charge in [0, 0.05) is 6.54 Å². The molecule has 1 aromatic carbocycles. The van der Waals surface area contributed by atoms with Gasteiger partial charge in [-0.05, 0) is 46.5 Å². The van der Waals surface area contributed by atoms with Crippen molar-refractivity contribution in [2.45, 2.75) is 37.8 Å². The van der Waals surface area contributed by atoms with Crippen molar-refractivity contribution in [1.82, 2.24) is 10.2 Å². The molecule has 1 aliphatic carbocycles. The molecule has 112 valence electrons. The van der Waals surface area contributed by atoms with Crippen molar-refractivity contribution < 1.29 is 14.3 Å². The molecule has 3 amide bonds. The Kier molecular flexibility index (Phi) is 3.65. The van der Waals surface area contributed by atoms with Gasteiger partial charge in [0.2, 0.25) is 0 Å². The highest BCUT2D eigenvalue weighted by atomic mass is 79.9. The lowest BCUT2D eigenvalue weighted by atomic mass is 9.95. The lowest BCUT2D eigenvalue weighted by Crippen LogP contribution is -2.46. The first-order valence-electron chi connectivity index (χ1n) is 7.02. The van der Waals surface area contributed by atoms with E-state index in [2.05, 4.69) is 21.2 Å². The molecule has 2 aliphatic rings. The lowest BCUT2D eigenvalue weighted by molar-refractivity contribution is -0.126. The fraction of sp³-hybridized carbons (Fsp3) is 0.467. The van der Waals surface area contributed by atoms with Crippen LogP contribution in [0.1, 0.15) is 31.2 Å². The van der Waals surface area contributed by atoms with E-state index in [-0.39, 0.29) is 11.9 Å². The number of hydrogen-bond acceptors (Lipinski definition) is 3. The highest BCUT2D eigenvalue weighted by Crippen LogP contribution is 2.39. The summed E-state index contributed by atoms with van der Waals surface area (Å²) in [4.78, 5) is 26.0. The molecule has 21 heavy (non-hydrogen) atoms. The Morgan fingerprint density at radius 3 is 2.67 bits per heavy atom. The highest BCUT2D eigenvalue weighted by Gasteiger charge is 2.53. The first-order valence-corrected chi connectivity index (χ1v) is 7.81. The highest BCUT2D eigenvalue weighted by molar-refractivity contribution is 9.10. The Bertz CT molecular complexity index is 597. The van der Waals surface area contributed by atoms with E-state index in [9.17, 15) is 9.59 Å². The SMILES string of the molecule is COc1ccc(CN2C(=O)NC(=O)C23CCCC3)cc1Br. The molecule has 0 bridgehead atoms. The van der Waals surface area contributed by atoms with Crippen LogP contribution in [0.25, 0.3) is 0 Å². The zero-order valence-electron chi connectivity index (χ0n) is 11.8. The summed E-state index contributed by atoms with van der Waals surface area (Å²) in [7, 11) is 1.61. The summed E-state index contributed by atoms with van der Waals surface area (Å²) in [5.74, 6) is 0.605. The van der Waals surface area contributed by atoms with E-state index in [0.29, 0.717) is 6.54 Å². The minimum atomic E-state index is -0.635. The van der Waals surface area contributed by atoms with Gasteiger partial charge in [0.15, 0.2) is 0 Å². The topological polar surface area (TPSA) is 58.6 Å². The second-order valence-corrected chi connectivity index (χ2v) is 6.41. The number of imide groups is 1. The van der Waals surface area contributed by atoms with Crippen LogP contribution in [-0.4, -0.2) is 29.5 Å². The van der Waals surface area contributed by atoms with Crippen LogP contribution in [0.15, 0.2) is 22.7 Å². The van der Waals surface area contributed by atoms with Crippen LogP contribution in [0.3, 0.4) is 0 Å². The van der Waals surface area contributed by atoms with Gasteiger partial charge in [0.25, 0.3) is 5.91 Å². The van der Waals surface area contributed by atoms with Crippen LogP contribution in [0.2, 0.25) is 0 Å². The molecule has 1 saturated heterocycles. The zero-order chi connectivity index (χ0) is 15.0. The van der Waals surface area contributed by atoms with E-state index in [1.165, 1.54) is 0 Å². The first kappa shape index (κ1) is 14.4. The number of carbonyl (C=O) groups excluding carboxylic acids is 2. The second-order valence-electron chi connectivity index (χ2n) is 5.55. The number of amides is 3. The van der Waals surface area contributed by atoms with Crippen molar-refractivity contribution in [2.75, 3.05) is 7.11 Å². The molecule has 0 atom stereocenters. The minimum Gasteiger partial charge on any atom is -0.496 e. The third-order valence-electron chi connectivity index (χ3n) is 4.39. The summed E-state index contributed by atoms with van der Waals surface area (Å²) in [5.41, 5.74) is 0.336. The fourth-order valence-electron chi connectivity index (χ4n) is 3.27. The average molecular weight is 353 g/mol. The molecular weight excluding hydrogens is 336 g/mol. The second kappa shape index (κ2) is 5.33. The molecule has 3 rings (SSSR count). The molecule has 0 radical (unpaired) electrons. The molecule has 2 fully saturated rings. The molecule has 0 aromatic heterocycles. The number of urea groups is 1. The summed E-state index contributed by atoms with van der Waals surface area (Å²) >= 11 is 3.45. The van der Waals surface area contributed by atoms with E-state index in [1.807, 2.05) is 18.2 Å². The number of halogens is 1. The van der Waals surface area contributed by atoms with Gasteiger partial charge in [-0.25, -0.2) is 4.79 Å². The number of benzene rings is 1. The predicted molar refractivity (Wildman–Crippen MR) is 81.0 cm³/mol. The fourth-order valence-corrected chi connectivity index (χ4v) is 3.86. The van der Waals surface area contributed by atoms with Gasteiger partial charge in [0.05, 0.1) is 11.6 Å². The van der Waals surface area contributed by atoms with Gasteiger partial charge in [-0.15, -0.1) is 0 Å². The van der Waals surface area contributed by atoms with Gasteiger partial charge in [0.1, 0.15) is 11.3 Å². The molecule has 1 aliphatic heterocycles. The van der Waals surface area contributed by atoms with Crippen molar-refractivity contribution in [3.8, 4) is 5.75 Å².